The van der Waals surface area contributed by atoms with Gasteiger partial charge >= 0.3 is 0 Å². The van der Waals surface area contributed by atoms with E-state index in [1.807, 2.05) is 84.9 Å². The molecule has 0 aliphatic heterocycles. The molecule has 1 atom stereocenters. The summed E-state index contributed by atoms with van der Waals surface area (Å²) in [4.78, 5) is 12.5. The second-order valence-corrected chi connectivity index (χ2v) is 5.66. The standard InChI is InChI=1S/C22H17NO/c23-16-21(18-9-5-2-6-10-18)15-22(24)20-13-11-19(12-14-20)17-7-3-1-4-8-17/h1-14,21H,15H2. The lowest BCUT2D eigenvalue weighted by Gasteiger charge is -2.09. The molecule has 3 aromatic rings. The van der Waals surface area contributed by atoms with Crippen molar-refractivity contribution in [2.75, 3.05) is 0 Å². The van der Waals surface area contributed by atoms with E-state index in [-0.39, 0.29) is 12.2 Å². The first-order valence-electron chi connectivity index (χ1n) is 7.91. The Balaban J connectivity index is 1.75. The third kappa shape index (κ3) is 3.59. The molecule has 0 saturated carbocycles. The number of nitrogens with zero attached hydrogens (tertiary/aromatic N) is 1. The van der Waals surface area contributed by atoms with Crippen molar-refractivity contribution in [1.82, 2.24) is 0 Å². The van der Waals surface area contributed by atoms with Crippen LogP contribution >= 0.6 is 0 Å². The number of ketones is 1. The molecule has 0 amide bonds. The van der Waals surface area contributed by atoms with Crippen LogP contribution < -0.4 is 0 Å². The zero-order valence-electron chi connectivity index (χ0n) is 13.2. The SMILES string of the molecule is N#CC(CC(=O)c1ccc(-c2ccccc2)cc1)c1ccccc1. The maximum atomic E-state index is 12.5. The minimum absolute atomic E-state index is 0.00925. The first-order valence-corrected chi connectivity index (χ1v) is 7.91. The van der Waals surface area contributed by atoms with Crippen molar-refractivity contribution in [2.45, 2.75) is 12.3 Å². The van der Waals surface area contributed by atoms with E-state index in [2.05, 4.69) is 6.07 Å². The topological polar surface area (TPSA) is 40.9 Å². The molecule has 24 heavy (non-hydrogen) atoms. The highest BCUT2D eigenvalue weighted by atomic mass is 16.1. The minimum atomic E-state index is -0.410. The Morgan fingerprint density at radius 1 is 0.792 bits per heavy atom. The van der Waals surface area contributed by atoms with Gasteiger partial charge in [0.1, 0.15) is 0 Å². The van der Waals surface area contributed by atoms with Gasteiger partial charge in [0.15, 0.2) is 5.78 Å². The second kappa shape index (κ2) is 7.39. The van der Waals surface area contributed by atoms with Gasteiger partial charge in [-0.15, -0.1) is 0 Å². The van der Waals surface area contributed by atoms with Crippen molar-refractivity contribution in [3.8, 4) is 17.2 Å². The van der Waals surface area contributed by atoms with Crippen molar-refractivity contribution in [1.29, 1.82) is 5.26 Å². The molecule has 0 N–H and O–H groups in total. The number of rotatable bonds is 5. The molecule has 0 bridgehead atoms. The third-order valence-corrected chi connectivity index (χ3v) is 4.06. The molecule has 0 heterocycles. The summed E-state index contributed by atoms with van der Waals surface area (Å²) in [5.41, 5.74) is 3.72. The smallest absolute Gasteiger partial charge is 0.164 e. The van der Waals surface area contributed by atoms with Gasteiger partial charge in [0.25, 0.3) is 0 Å². The normalized spacial score (nSPS) is 11.5. The summed E-state index contributed by atoms with van der Waals surface area (Å²) in [6.45, 7) is 0. The summed E-state index contributed by atoms with van der Waals surface area (Å²) in [6, 6.07) is 29.3. The van der Waals surface area contributed by atoms with Crippen molar-refractivity contribution in [3.63, 3.8) is 0 Å². The van der Waals surface area contributed by atoms with Gasteiger partial charge in [-0.25, -0.2) is 0 Å². The summed E-state index contributed by atoms with van der Waals surface area (Å²) >= 11 is 0. The first-order chi connectivity index (χ1) is 11.8. The van der Waals surface area contributed by atoms with E-state index in [0.717, 1.165) is 16.7 Å². The Morgan fingerprint density at radius 2 is 1.33 bits per heavy atom. The highest BCUT2D eigenvalue weighted by molar-refractivity contribution is 5.97. The molecule has 3 aromatic carbocycles. The fourth-order valence-electron chi connectivity index (χ4n) is 2.71. The van der Waals surface area contributed by atoms with Crippen LogP contribution in [0.25, 0.3) is 11.1 Å². The van der Waals surface area contributed by atoms with E-state index < -0.39 is 5.92 Å². The molecule has 2 nitrogen and oxygen atoms in total. The predicted molar refractivity (Wildman–Crippen MR) is 95.6 cm³/mol. The average Bonchev–Trinajstić information content (AvgIpc) is 2.67. The minimum Gasteiger partial charge on any atom is -0.294 e. The van der Waals surface area contributed by atoms with Crippen LogP contribution in [0.5, 0.6) is 0 Å². The molecular weight excluding hydrogens is 294 g/mol. The zero-order valence-corrected chi connectivity index (χ0v) is 13.2. The van der Waals surface area contributed by atoms with Gasteiger partial charge in [-0.3, -0.25) is 4.79 Å². The number of hydrogen-bond acceptors (Lipinski definition) is 2. The number of carbonyl (C=O) groups excluding carboxylic acids is 1. The van der Waals surface area contributed by atoms with E-state index in [4.69, 9.17) is 0 Å². The largest absolute Gasteiger partial charge is 0.294 e. The van der Waals surface area contributed by atoms with Crippen molar-refractivity contribution >= 4 is 5.78 Å². The highest BCUT2D eigenvalue weighted by Crippen LogP contribution is 2.23. The molecule has 0 aliphatic rings. The zero-order chi connectivity index (χ0) is 16.8. The highest BCUT2D eigenvalue weighted by Gasteiger charge is 2.16. The van der Waals surface area contributed by atoms with Gasteiger partial charge in [-0.05, 0) is 16.7 Å². The number of Topliss-reactive ketones (excluding diaryl/α,β-unsaturated/α-hetero) is 1. The Hall–Kier alpha value is -3.18. The van der Waals surface area contributed by atoms with Gasteiger partial charge in [0, 0.05) is 12.0 Å². The van der Waals surface area contributed by atoms with Crippen LogP contribution in [-0.4, -0.2) is 5.78 Å². The quantitative estimate of drug-likeness (QED) is 0.605. The van der Waals surface area contributed by atoms with E-state index in [1.54, 1.807) is 0 Å². The summed E-state index contributed by atoms with van der Waals surface area (Å²) < 4.78 is 0. The van der Waals surface area contributed by atoms with Crippen LogP contribution in [0, 0.1) is 11.3 Å². The van der Waals surface area contributed by atoms with Crippen LogP contribution in [0.4, 0.5) is 0 Å². The van der Waals surface area contributed by atoms with E-state index >= 15 is 0 Å². The van der Waals surface area contributed by atoms with Gasteiger partial charge < -0.3 is 0 Å². The lowest BCUT2D eigenvalue weighted by molar-refractivity contribution is 0.0979. The molecule has 0 spiro atoms. The molecule has 1 unspecified atom stereocenters. The molecule has 0 saturated heterocycles. The molecule has 0 radical (unpaired) electrons. The monoisotopic (exact) mass is 311 g/mol. The molecule has 3 rings (SSSR count). The summed E-state index contributed by atoms with van der Waals surface area (Å²) in [5.74, 6) is -0.419. The first kappa shape index (κ1) is 15.7. The molecule has 0 aromatic heterocycles. The molecule has 0 aliphatic carbocycles. The number of benzene rings is 3. The van der Waals surface area contributed by atoms with Gasteiger partial charge in [0.05, 0.1) is 12.0 Å². The van der Waals surface area contributed by atoms with Gasteiger partial charge in [-0.1, -0.05) is 84.9 Å². The van der Waals surface area contributed by atoms with Crippen molar-refractivity contribution in [3.05, 3.63) is 96.1 Å². The third-order valence-electron chi connectivity index (χ3n) is 4.06. The predicted octanol–water partition coefficient (Wildman–Crippen LogP) is 5.23. The molecule has 0 fully saturated rings. The number of hydrogen-bond donors (Lipinski definition) is 0. The molecule has 2 heteroatoms. The van der Waals surface area contributed by atoms with Crippen LogP contribution in [-0.2, 0) is 0 Å². The van der Waals surface area contributed by atoms with Crippen LogP contribution in [0.2, 0.25) is 0 Å². The summed E-state index contributed by atoms with van der Waals surface area (Å²) in [6.07, 6.45) is 0.200. The van der Waals surface area contributed by atoms with Gasteiger partial charge in [0.2, 0.25) is 0 Å². The fraction of sp³-hybridized carbons (Fsp3) is 0.0909. The van der Waals surface area contributed by atoms with Crippen LogP contribution in [0.3, 0.4) is 0 Å². The number of carbonyl (C=O) groups is 1. The van der Waals surface area contributed by atoms with Crippen molar-refractivity contribution < 1.29 is 4.79 Å². The lowest BCUT2D eigenvalue weighted by atomic mass is 9.92. The Bertz CT molecular complexity index is 846. The average molecular weight is 311 g/mol. The molecular formula is C22H17NO. The van der Waals surface area contributed by atoms with Crippen LogP contribution in [0.1, 0.15) is 28.3 Å². The summed E-state index contributed by atoms with van der Waals surface area (Å²) in [5, 5.41) is 9.37. The molecule has 116 valence electrons. The van der Waals surface area contributed by atoms with Crippen molar-refractivity contribution in [2.24, 2.45) is 0 Å². The second-order valence-electron chi connectivity index (χ2n) is 5.66. The Morgan fingerprint density at radius 3 is 1.92 bits per heavy atom. The maximum Gasteiger partial charge on any atom is 0.164 e. The summed E-state index contributed by atoms with van der Waals surface area (Å²) in [7, 11) is 0. The maximum absolute atomic E-state index is 12.5. The van der Waals surface area contributed by atoms with Gasteiger partial charge in [-0.2, -0.15) is 5.26 Å². The lowest BCUT2D eigenvalue weighted by Crippen LogP contribution is -2.06. The fourth-order valence-corrected chi connectivity index (χ4v) is 2.71. The van der Waals surface area contributed by atoms with E-state index in [9.17, 15) is 10.1 Å². The Labute approximate surface area is 142 Å². The van der Waals surface area contributed by atoms with E-state index in [0.29, 0.717) is 5.56 Å². The number of nitriles is 1. The van der Waals surface area contributed by atoms with Crippen LogP contribution in [0.15, 0.2) is 84.9 Å². The Kier molecular flexibility index (Phi) is 4.84. The van der Waals surface area contributed by atoms with E-state index in [1.165, 1.54) is 0 Å².